The molecule has 1 saturated heterocycles. The van der Waals surface area contributed by atoms with Crippen LogP contribution in [0.4, 0.5) is 0 Å². The van der Waals surface area contributed by atoms with Crippen molar-refractivity contribution in [3.8, 4) is 0 Å². The van der Waals surface area contributed by atoms with Crippen molar-refractivity contribution >= 4 is 27.3 Å². The monoisotopic (exact) mass is 273 g/mol. The number of halogens is 1. The third-order valence-corrected chi connectivity index (χ3v) is 4.96. The smallest absolute Gasteiger partial charge is 0.0328 e. The van der Waals surface area contributed by atoms with Gasteiger partial charge < -0.3 is 0 Å². The fourth-order valence-electron chi connectivity index (χ4n) is 1.85. The molecule has 1 aromatic heterocycles. The highest BCUT2D eigenvalue weighted by atomic mass is 79.9. The van der Waals surface area contributed by atoms with E-state index in [1.807, 2.05) is 11.3 Å². The second-order valence-electron chi connectivity index (χ2n) is 4.10. The van der Waals surface area contributed by atoms with Crippen molar-refractivity contribution in [1.29, 1.82) is 0 Å². The van der Waals surface area contributed by atoms with Crippen LogP contribution in [0.1, 0.15) is 18.2 Å². The van der Waals surface area contributed by atoms with Gasteiger partial charge >= 0.3 is 0 Å². The fourth-order valence-corrected chi connectivity index (χ4v) is 3.27. The number of likely N-dealkylation sites (tertiary alicyclic amines) is 1. The molecule has 14 heavy (non-hydrogen) atoms. The lowest BCUT2D eigenvalue weighted by molar-refractivity contribution is 0.195. The van der Waals surface area contributed by atoms with E-state index >= 15 is 0 Å². The fraction of sp³-hybridized carbons (Fsp3) is 0.636. The molecular formula is C11H16BrNS. The number of rotatable bonds is 2. The Balaban J connectivity index is 1.88. The summed E-state index contributed by atoms with van der Waals surface area (Å²) in [6, 6.07) is 4.37. The standard InChI is InChI=1S/C11H16BrNS/c1-9-4-5-13(8-11(9)12)7-10-3-2-6-14-10/h2-3,6,9,11H,4-5,7-8H2,1H3. The molecule has 3 heteroatoms. The first-order valence-electron chi connectivity index (χ1n) is 5.14. The molecule has 2 heterocycles. The van der Waals surface area contributed by atoms with Crippen molar-refractivity contribution in [2.24, 2.45) is 5.92 Å². The van der Waals surface area contributed by atoms with Crippen LogP contribution in [-0.4, -0.2) is 22.8 Å². The summed E-state index contributed by atoms with van der Waals surface area (Å²) < 4.78 is 0. The highest BCUT2D eigenvalue weighted by Gasteiger charge is 2.23. The topological polar surface area (TPSA) is 3.24 Å². The van der Waals surface area contributed by atoms with Crippen molar-refractivity contribution in [2.75, 3.05) is 13.1 Å². The van der Waals surface area contributed by atoms with Crippen LogP contribution in [0.3, 0.4) is 0 Å². The molecule has 0 aromatic carbocycles. The summed E-state index contributed by atoms with van der Waals surface area (Å²) in [6.07, 6.45) is 1.32. The predicted molar refractivity (Wildman–Crippen MR) is 66.1 cm³/mol. The van der Waals surface area contributed by atoms with E-state index in [1.54, 1.807) is 0 Å². The molecule has 2 unspecified atom stereocenters. The zero-order valence-corrected chi connectivity index (χ0v) is 10.9. The Morgan fingerprint density at radius 2 is 2.50 bits per heavy atom. The summed E-state index contributed by atoms with van der Waals surface area (Å²) >= 11 is 5.62. The highest BCUT2D eigenvalue weighted by molar-refractivity contribution is 9.09. The molecular weight excluding hydrogens is 258 g/mol. The zero-order chi connectivity index (χ0) is 9.97. The van der Waals surface area contributed by atoms with Gasteiger partial charge in [0.2, 0.25) is 0 Å². The minimum absolute atomic E-state index is 0.677. The molecule has 1 aliphatic heterocycles. The van der Waals surface area contributed by atoms with Crippen LogP contribution in [0.25, 0.3) is 0 Å². The lowest BCUT2D eigenvalue weighted by Crippen LogP contribution is -2.39. The Bertz CT molecular complexity index is 273. The molecule has 1 aliphatic rings. The van der Waals surface area contributed by atoms with E-state index in [1.165, 1.54) is 24.4 Å². The quantitative estimate of drug-likeness (QED) is 0.747. The van der Waals surface area contributed by atoms with Crippen molar-refractivity contribution < 1.29 is 0 Å². The molecule has 1 aromatic rings. The summed E-state index contributed by atoms with van der Waals surface area (Å²) in [7, 11) is 0. The number of piperidine rings is 1. The van der Waals surface area contributed by atoms with Gasteiger partial charge in [-0.1, -0.05) is 28.9 Å². The van der Waals surface area contributed by atoms with Crippen LogP contribution >= 0.6 is 27.3 Å². The second-order valence-corrected chi connectivity index (χ2v) is 6.30. The first kappa shape index (κ1) is 10.7. The number of nitrogens with zero attached hydrogens (tertiary/aromatic N) is 1. The average Bonchev–Trinajstić information content (AvgIpc) is 2.64. The van der Waals surface area contributed by atoms with E-state index < -0.39 is 0 Å². The van der Waals surface area contributed by atoms with Gasteiger partial charge in [-0.25, -0.2) is 0 Å². The van der Waals surface area contributed by atoms with Crippen LogP contribution < -0.4 is 0 Å². The molecule has 1 fully saturated rings. The Labute approximate surface area is 98.2 Å². The number of hydrogen-bond donors (Lipinski definition) is 0. The molecule has 0 aliphatic carbocycles. The van der Waals surface area contributed by atoms with Gasteiger partial charge in [-0.05, 0) is 30.3 Å². The first-order chi connectivity index (χ1) is 6.75. The largest absolute Gasteiger partial charge is 0.297 e. The Hall–Kier alpha value is 0.140. The highest BCUT2D eigenvalue weighted by Crippen LogP contribution is 2.25. The van der Waals surface area contributed by atoms with Crippen LogP contribution in [0.5, 0.6) is 0 Å². The van der Waals surface area contributed by atoms with Crippen LogP contribution in [0.15, 0.2) is 17.5 Å². The molecule has 0 spiro atoms. The minimum Gasteiger partial charge on any atom is -0.297 e. The normalized spacial score (nSPS) is 29.3. The Kier molecular flexibility index (Phi) is 3.63. The maximum atomic E-state index is 3.76. The van der Waals surface area contributed by atoms with Crippen molar-refractivity contribution in [1.82, 2.24) is 4.90 Å². The molecule has 2 atom stereocenters. The predicted octanol–water partition coefficient (Wildman–Crippen LogP) is 3.35. The van der Waals surface area contributed by atoms with Crippen molar-refractivity contribution in [3.05, 3.63) is 22.4 Å². The molecule has 0 radical (unpaired) electrons. The van der Waals surface area contributed by atoms with E-state index in [4.69, 9.17) is 0 Å². The lowest BCUT2D eigenvalue weighted by atomic mass is 9.99. The van der Waals surface area contributed by atoms with Crippen LogP contribution in [-0.2, 0) is 6.54 Å². The van der Waals surface area contributed by atoms with E-state index in [0.29, 0.717) is 4.83 Å². The Morgan fingerprint density at radius 3 is 3.14 bits per heavy atom. The molecule has 0 bridgehead atoms. The third kappa shape index (κ3) is 2.59. The molecule has 2 rings (SSSR count). The zero-order valence-electron chi connectivity index (χ0n) is 8.45. The molecule has 78 valence electrons. The van der Waals surface area contributed by atoms with Crippen molar-refractivity contribution in [3.63, 3.8) is 0 Å². The van der Waals surface area contributed by atoms with Gasteiger partial charge in [-0.3, -0.25) is 4.90 Å². The van der Waals surface area contributed by atoms with E-state index in [9.17, 15) is 0 Å². The molecule has 1 nitrogen and oxygen atoms in total. The summed E-state index contributed by atoms with van der Waals surface area (Å²) in [5, 5.41) is 2.16. The summed E-state index contributed by atoms with van der Waals surface area (Å²) in [6.45, 7) is 5.91. The molecule has 0 amide bonds. The number of hydrogen-bond acceptors (Lipinski definition) is 2. The summed E-state index contributed by atoms with van der Waals surface area (Å²) in [5.41, 5.74) is 0. The van der Waals surface area contributed by atoms with Gasteiger partial charge in [-0.15, -0.1) is 11.3 Å². The van der Waals surface area contributed by atoms with E-state index in [0.717, 1.165) is 12.5 Å². The van der Waals surface area contributed by atoms with Gasteiger partial charge in [0.25, 0.3) is 0 Å². The third-order valence-electron chi connectivity index (χ3n) is 2.91. The minimum atomic E-state index is 0.677. The SMILES string of the molecule is CC1CCN(Cc2cccs2)CC1Br. The average molecular weight is 274 g/mol. The summed E-state index contributed by atoms with van der Waals surface area (Å²) in [5.74, 6) is 0.828. The summed E-state index contributed by atoms with van der Waals surface area (Å²) in [4.78, 5) is 4.71. The van der Waals surface area contributed by atoms with Gasteiger partial charge in [0.05, 0.1) is 0 Å². The molecule has 0 N–H and O–H groups in total. The van der Waals surface area contributed by atoms with E-state index in [2.05, 4.69) is 45.3 Å². The van der Waals surface area contributed by atoms with Crippen LogP contribution in [0, 0.1) is 5.92 Å². The van der Waals surface area contributed by atoms with E-state index in [-0.39, 0.29) is 0 Å². The Morgan fingerprint density at radius 1 is 1.64 bits per heavy atom. The number of thiophene rings is 1. The first-order valence-corrected chi connectivity index (χ1v) is 6.94. The second kappa shape index (κ2) is 4.77. The van der Waals surface area contributed by atoms with Gasteiger partial charge in [0.15, 0.2) is 0 Å². The lowest BCUT2D eigenvalue weighted by Gasteiger charge is -2.33. The molecule has 0 saturated carbocycles. The van der Waals surface area contributed by atoms with Gasteiger partial charge in [0, 0.05) is 22.8 Å². The maximum absolute atomic E-state index is 3.76. The number of alkyl halides is 1. The van der Waals surface area contributed by atoms with Gasteiger partial charge in [-0.2, -0.15) is 0 Å². The van der Waals surface area contributed by atoms with Crippen molar-refractivity contribution in [2.45, 2.75) is 24.7 Å². The van der Waals surface area contributed by atoms with Crippen LogP contribution in [0.2, 0.25) is 0 Å². The maximum Gasteiger partial charge on any atom is 0.0328 e. The van der Waals surface area contributed by atoms with Gasteiger partial charge in [0.1, 0.15) is 0 Å².